The van der Waals surface area contributed by atoms with Gasteiger partial charge in [0.25, 0.3) is 0 Å². The number of thiol groups is 1. The van der Waals surface area contributed by atoms with Crippen LogP contribution < -0.4 is 5.32 Å². The third-order valence-electron chi connectivity index (χ3n) is 3.73. The van der Waals surface area contributed by atoms with Gasteiger partial charge in [-0.1, -0.05) is 36.8 Å². The first-order valence-corrected chi connectivity index (χ1v) is 9.72. The van der Waals surface area contributed by atoms with Gasteiger partial charge in [-0.25, -0.2) is 0 Å². The molecule has 0 aliphatic carbocycles. The Morgan fingerprint density at radius 1 is 1.04 bits per heavy atom. The van der Waals surface area contributed by atoms with Gasteiger partial charge in [0, 0.05) is 24.3 Å². The number of rotatable bonds is 10. The quantitative estimate of drug-likeness (QED) is 0.494. The molecule has 1 N–H and O–H groups in total. The maximum Gasteiger partial charge on any atom is 0.229 e. The molecule has 3 nitrogen and oxygen atoms in total. The molecule has 2 aromatic rings. The molecule has 24 heavy (non-hydrogen) atoms. The molecule has 0 bridgehead atoms. The van der Waals surface area contributed by atoms with Gasteiger partial charge in [-0.3, -0.25) is 9.59 Å². The fraction of sp³-hybridized carbons (Fsp3) is 0.368. The van der Waals surface area contributed by atoms with Crippen LogP contribution in [-0.4, -0.2) is 24.0 Å². The number of carbonyl (C=O) groups is 2. The number of thiophene rings is 1. The van der Waals surface area contributed by atoms with E-state index in [0.29, 0.717) is 19.4 Å². The van der Waals surface area contributed by atoms with Crippen molar-refractivity contribution >= 4 is 35.7 Å². The summed E-state index contributed by atoms with van der Waals surface area (Å²) in [4.78, 5) is 24.2. The minimum absolute atomic E-state index is 0.0404. The SMILES string of the molecule is O=C(CCCCCNC(=O)CS)Cc1cc(-c2ccccc2)cs1. The molecular weight excluding hydrogens is 338 g/mol. The predicted octanol–water partition coefficient (Wildman–Crippen LogP) is 4.13. The van der Waals surface area contributed by atoms with Gasteiger partial charge in [0.2, 0.25) is 5.91 Å². The number of amides is 1. The first-order valence-electron chi connectivity index (χ1n) is 8.21. The van der Waals surface area contributed by atoms with Crippen LogP contribution in [0.3, 0.4) is 0 Å². The van der Waals surface area contributed by atoms with Crippen LogP contribution in [0.5, 0.6) is 0 Å². The van der Waals surface area contributed by atoms with Gasteiger partial charge in [0.15, 0.2) is 0 Å². The minimum Gasteiger partial charge on any atom is -0.355 e. The summed E-state index contributed by atoms with van der Waals surface area (Å²) in [6.45, 7) is 0.666. The van der Waals surface area contributed by atoms with E-state index in [2.05, 4.69) is 41.5 Å². The van der Waals surface area contributed by atoms with Gasteiger partial charge < -0.3 is 5.32 Å². The maximum absolute atomic E-state index is 12.1. The number of benzene rings is 1. The molecule has 0 atom stereocenters. The van der Waals surface area contributed by atoms with E-state index < -0.39 is 0 Å². The third kappa shape index (κ3) is 6.49. The highest BCUT2D eigenvalue weighted by Crippen LogP contribution is 2.26. The molecule has 0 saturated carbocycles. The minimum atomic E-state index is -0.0404. The van der Waals surface area contributed by atoms with Crippen LogP contribution in [0.2, 0.25) is 0 Å². The van der Waals surface area contributed by atoms with E-state index in [1.807, 2.05) is 18.2 Å². The number of unbranched alkanes of at least 4 members (excludes halogenated alkanes) is 2. The zero-order valence-corrected chi connectivity index (χ0v) is 15.4. The number of carbonyl (C=O) groups excluding carboxylic acids is 2. The average molecular weight is 362 g/mol. The monoisotopic (exact) mass is 361 g/mol. The molecule has 2 rings (SSSR count). The Kier molecular flexibility index (Phi) is 8.05. The standard InChI is InChI=1S/C19H23NO2S2/c21-17(9-5-2-6-10-20-19(22)13-23)12-18-11-16(14-24-18)15-7-3-1-4-8-15/h1,3-4,7-8,11,14,23H,2,5-6,9-10,12-13H2,(H,20,22). The van der Waals surface area contributed by atoms with Crippen molar-refractivity contribution < 1.29 is 9.59 Å². The van der Waals surface area contributed by atoms with Crippen LogP contribution in [0.1, 0.15) is 30.6 Å². The highest BCUT2D eigenvalue weighted by Gasteiger charge is 2.07. The van der Waals surface area contributed by atoms with Crippen molar-refractivity contribution in [2.75, 3.05) is 12.3 Å². The second kappa shape index (κ2) is 10.3. The summed E-state index contributed by atoms with van der Waals surface area (Å²) in [5.74, 6) is 0.474. The molecule has 0 radical (unpaired) electrons. The van der Waals surface area contributed by atoms with Crippen molar-refractivity contribution in [1.29, 1.82) is 0 Å². The molecule has 1 heterocycles. The molecule has 0 saturated heterocycles. The third-order valence-corrected chi connectivity index (χ3v) is 4.95. The van der Waals surface area contributed by atoms with Gasteiger partial charge in [0.05, 0.1) is 5.75 Å². The lowest BCUT2D eigenvalue weighted by atomic mass is 10.1. The first kappa shape index (κ1) is 18.7. The zero-order chi connectivity index (χ0) is 17.2. The molecule has 0 aliphatic rings. The van der Waals surface area contributed by atoms with Gasteiger partial charge in [-0.2, -0.15) is 12.6 Å². The van der Waals surface area contributed by atoms with Crippen molar-refractivity contribution in [3.63, 3.8) is 0 Å². The molecule has 128 valence electrons. The Balaban J connectivity index is 1.66. The van der Waals surface area contributed by atoms with E-state index in [1.54, 1.807) is 11.3 Å². The van der Waals surface area contributed by atoms with E-state index in [4.69, 9.17) is 0 Å². The number of hydrogen-bond acceptors (Lipinski definition) is 4. The molecule has 0 fully saturated rings. The summed E-state index contributed by atoms with van der Waals surface area (Å²) in [5.41, 5.74) is 2.37. The lowest BCUT2D eigenvalue weighted by Crippen LogP contribution is -2.25. The average Bonchev–Trinajstić information content (AvgIpc) is 3.07. The van der Waals surface area contributed by atoms with Crippen LogP contribution >= 0.6 is 24.0 Å². The molecule has 1 aromatic heterocycles. The highest BCUT2D eigenvalue weighted by atomic mass is 32.1. The number of hydrogen-bond donors (Lipinski definition) is 2. The number of nitrogens with one attached hydrogen (secondary N) is 1. The number of ketones is 1. The molecular formula is C19H23NO2S2. The fourth-order valence-corrected chi connectivity index (χ4v) is 3.48. The smallest absolute Gasteiger partial charge is 0.229 e. The largest absolute Gasteiger partial charge is 0.355 e. The summed E-state index contributed by atoms with van der Waals surface area (Å²) in [5, 5.41) is 4.89. The van der Waals surface area contributed by atoms with E-state index in [0.717, 1.165) is 24.1 Å². The van der Waals surface area contributed by atoms with Crippen LogP contribution in [0.4, 0.5) is 0 Å². The van der Waals surface area contributed by atoms with Gasteiger partial charge in [-0.05, 0) is 35.4 Å². The van der Waals surface area contributed by atoms with E-state index in [9.17, 15) is 9.59 Å². The van der Waals surface area contributed by atoms with Crippen molar-refractivity contribution in [3.8, 4) is 11.1 Å². The summed E-state index contributed by atoms with van der Waals surface area (Å²) in [7, 11) is 0. The lowest BCUT2D eigenvalue weighted by Gasteiger charge is -2.03. The molecule has 0 aliphatic heterocycles. The Bertz CT molecular complexity index is 652. The molecule has 0 unspecified atom stereocenters. The van der Waals surface area contributed by atoms with Crippen molar-refractivity contribution in [1.82, 2.24) is 5.32 Å². The van der Waals surface area contributed by atoms with Gasteiger partial charge in [0.1, 0.15) is 5.78 Å². The van der Waals surface area contributed by atoms with Crippen LogP contribution in [-0.2, 0) is 16.0 Å². The molecule has 1 aromatic carbocycles. The summed E-state index contributed by atoms with van der Waals surface area (Å²) >= 11 is 5.55. The Labute approximate surface area is 152 Å². The summed E-state index contributed by atoms with van der Waals surface area (Å²) in [6.07, 6.45) is 3.88. The lowest BCUT2D eigenvalue weighted by molar-refractivity contribution is -0.119. The van der Waals surface area contributed by atoms with Crippen LogP contribution in [0.15, 0.2) is 41.8 Å². The van der Waals surface area contributed by atoms with Crippen molar-refractivity contribution in [2.24, 2.45) is 0 Å². The number of Topliss-reactive ketones (excluding diaryl/α,β-unsaturated/α-hetero) is 1. The second-order valence-corrected chi connectivity index (χ2v) is 7.01. The second-order valence-electron chi connectivity index (χ2n) is 5.70. The van der Waals surface area contributed by atoms with Crippen molar-refractivity contribution in [2.45, 2.75) is 32.1 Å². The van der Waals surface area contributed by atoms with E-state index >= 15 is 0 Å². The predicted molar refractivity (Wildman–Crippen MR) is 104 cm³/mol. The molecule has 0 spiro atoms. The fourth-order valence-electron chi connectivity index (χ4n) is 2.45. The summed E-state index contributed by atoms with van der Waals surface area (Å²) < 4.78 is 0. The normalized spacial score (nSPS) is 10.5. The van der Waals surface area contributed by atoms with Gasteiger partial charge >= 0.3 is 0 Å². The Morgan fingerprint density at radius 3 is 2.58 bits per heavy atom. The topological polar surface area (TPSA) is 46.2 Å². The zero-order valence-electron chi connectivity index (χ0n) is 13.7. The Morgan fingerprint density at radius 2 is 1.83 bits per heavy atom. The first-order chi connectivity index (χ1) is 11.7. The molecule has 5 heteroatoms. The van der Waals surface area contributed by atoms with E-state index in [1.165, 1.54) is 11.1 Å². The summed E-state index contributed by atoms with van der Waals surface area (Å²) in [6, 6.07) is 12.3. The van der Waals surface area contributed by atoms with Crippen LogP contribution in [0, 0.1) is 0 Å². The maximum atomic E-state index is 12.1. The van der Waals surface area contributed by atoms with Gasteiger partial charge in [-0.15, -0.1) is 11.3 Å². The highest BCUT2D eigenvalue weighted by molar-refractivity contribution is 7.81. The van der Waals surface area contributed by atoms with E-state index in [-0.39, 0.29) is 17.4 Å². The van der Waals surface area contributed by atoms with Crippen molar-refractivity contribution in [3.05, 3.63) is 46.7 Å². The Hall–Kier alpha value is -1.59. The molecule has 1 amide bonds. The van der Waals surface area contributed by atoms with Crippen LogP contribution in [0.25, 0.3) is 11.1 Å².